The van der Waals surface area contributed by atoms with E-state index in [0.29, 0.717) is 13.0 Å². The second-order valence-electron chi connectivity index (χ2n) is 6.77. The second-order valence-corrected chi connectivity index (χ2v) is 6.77. The number of aromatic amines is 1. The van der Waals surface area contributed by atoms with Gasteiger partial charge >= 0.3 is 0 Å². The van der Waals surface area contributed by atoms with Crippen LogP contribution in [0.5, 0.6) is 0 Å². The standard InChI is InChI=1S/C17H25N3O.ClH/c1-17(2,3)8-9-19-16(21)14(18)10-12-11-20-15-7-5-4-6-13(12)15;/h4-7,11,14,20H,8-10,18H2,1-3H3,(H,19,21);1H/t14-;/m0./s1. The largest absolute Gasteiger partial charge is 0.361 e. The molecule has 2 aromatic rings. The fourth-order valence-electron chi connectivity index (χ4n) is 2.32. The molecule has 0 radical (unpaired) electrons. The van der Waals surface area contributed by atoms with Crippen LogP contribution in [0.2, 0.25) is 0 Å². The number of carbonyl (C=O) groups is 1. The van der Waals surface area contributed by atoms with E-state index in [2.05, 4.69) is 31.1 Å². The first-order chi connectivity index (χ1) is 9.87. The normalized spacial score (nSPS) is 12.7. The van der Waals surface area contributed by atoms with Crippen molar-refractivity contribution in [3.05, 3.63) is 36.0 Å². The zero-order valence-corrected chi connectivity index (χ0v) is 14.3. The van der Waals surface area contributed by atoms with E-state index >= 15 is 0 Å². The number of hydrogen-bond acceptors (Lipinski definition) is 2. The molecular formula is C17H26ClN3O. The number of halogens is 1. The summed E-state index contributed by atoms with van der Waals surface area (Å²) in [6, 6.07) is 7.54. The van der Waals surface area contributed by atoms with Crippen LogP contribution < -0.4 is 11.1 Å². The van der Waals surface area contributed by atoms with E-state index in [-0.39, 0.29) is 23.7 Å². The molecule has 0 aliphatic heterocycles. The molecule has 0 bridgehead atoms. The third-order valence-electron chi connectivity index (χ3n) is 3.63. The lowest BCUT2D eigenvalue weighted by Crippen LogP contribution is -2.42. The zero-order chi connectivity index (χ0) is 15.5. The van der Waals surface area contributed by atoms with E-state index in [0.717, 1.165) is 22.9 Å². The van der Waals surface area contributed by atoms with E-state index in [1.54, 1.807) is 0 Å². The molecule has 4 N–H and O–H groups in total. The molecule has 1 aromatic heterocycles. The Kier molecular flexibility index (Phi) is 6.45. The van der Waals surface area contributed by atoms with E-state index in [1.165, 1.54) is 0 Å². The second kappa shape index (κ2) is 7.65. The number of nitrogens with two attached hydrogens (primary N) is 1. The van der Waals surface area contributed by atoms with Gasteiger partial charge in [0.25, 0.3) is 0 Å². The SMILES string of the molecule is CC(C)(C)CCNC(=O)[C@@H](N)Cc1c[nH]c2ccccc12.Cl. The smallest absolute Gasteiger partial charge is 0.237 e. The summed E-state index contributed by atoms with van der Waals surface area (Å²) in [5, 5.41) is 4.06. The first-order valence-corrected chi connectivity index (χ1v) is 7.45. The Morgan fingerprint density at radius 2 is 2.00 bits per heavy atom. The van der Waals surface area contributed by atoms with Crippen LogP contribution in [0.4, 0.5) is 0 Å². The number of benzene rings is 1. The molecule has 0 unspecified atom stereocenters. The van der Waals surface area contributed by atoms with Crippen LogP contribution >= 0.6 is 12.4 Å². The third kappa shape index (κ3) is 5.04. The van der Waals surface area contributed by atoms with Crippen molar-refractivity contribution in [3.63, 3.8) is 0 Å². The summed E-state index contributed by atoms with van der Waals surface area (Å²) in [6.07, 6.45) is 3.43. The van der Waals surface area contributed by atoms with Gasteiger partial charge in [-0.3, -0.25) is 4.79 Å². The predicted octanol–water partition coefficient (Wildman–Crippen LogP) is 3.01. The van der Waals surface area contributed by atoms with Crippen molar-refractivity contribution in [3.8, 4) is 0 Å². The highest BCUT2D eigenvalue weighted by Crippen LogP contribution is 2.19. The Labute approximate surface area is 138 Å². The monoisotopic (exact) mass is 323 g/mol. The van der Waals surface area contributed by atoms with Crippen LogP contribution in [-0.4, -0.2) is 23.5 Å². The van der Waals surface area contributed by atoms with Gasteiger partial charge in [-0.05, 0) is 29.9 Å². The van der Waals surface area contributed by atoms with Crippen molar-refractivity contribution in [1.82, 2.24) is 10.3 Å². The lowest BCUT2D eigenvalue weighted by atomic mass is 9.92. The van der Waals surface area contributed by atoms with E-state index < -0.39 is 6.04 Å². The van der Waals surface area contributed by atoms with Gasteiger partial charge in [-0.15, -0.1) is 12.4 Å². The van der Waals surface area contributed by atoms with Crippen molar-refractivity contribution in [2.45, 2.75) is 39.7 Å². The Balaban J connectivity index is 0.00000242. The molecule has 22 heavy (non-hydrogen) atoms. The Morgan fingerprint density at radius 3 is 2.68 bits per heavy atom. The molecule has 0 fully saturated rings. The topological polar surface area (TPSA) is 70.9 Å². The van der Waals surface area contributed by atoms with E-state index in [1.807, 2.05) is 30.5 Å². The minimum Gasteiger partial charge on any atom is -0.361 e. The maximum atomic E-state index is 12.0. The van der Waals surface area contributed by atoms with Gasteiger partial charge < -0.3 is 16.0 Å². The summed E-state index contributed by atoms with van der Waals surface area (Å²) in [5.74, 6) is -0.0791. The van der Waals surface area contributed by atoms with Gasteiger partial charge in [0.2, 0.25) is 5.91 Å². The van der Waals surface area contributed by atoms with Crippen LogP contribution in [0.15, 0.2) is 30.5 Å². The highest BCUT2D eigenvalue weighted by molar-refractivity contribution is 5.86. The number of nitrogens with one attached hydrogen (secondary N) is 2. The van der Waals surface area contributed by atoms with Crippen molar-refractivity contribution in [2.24, 2.45) is 11.1 Å². The van der Waals surface area contributed by atoms with Gasteiger partial charge in [0.15, 0.2) is 0 Å². The first kappa shape index (κ1) is 18.5. The summed E-state index contributed by atoms with van der Waals surface area (Å²) < 4.78 is 0. The van der Waals surface area contributed by atoms with Gasteiger partial charge in [-0.25, -0.2) is 0 Å². The highest BCUT2D eigenvalue weighted by Gasteiger charge is 2.17. The quantitative estimate of drug-likeness (QED) is 0.791. The van der Waals surface area contributed by atoms with Crippen LogP contribution in [0.25, 0.3) is 10.9 Å². The summed E-state index contributed by atoms with van der Waals surface area (Å²) >= 11 is 0. The lowest BCUT2D eigenvalue weighted by molar-refractivity contribution is -0.122. The number of hydrogen-bond donors (Lipinski definition) is 3. The molecule has 0 saturated carbocycles. The predicted molar refractivity (Wildman–Crippen MR) is 94.3 cm³/mol. The van der Waals surface area contributed by atoms with Crippen LogP contribution in [0.3, 0.4) is 0 Å². The number of para-hydroxylation sites is 1. The minimum atomic E-state index is -0.510. The molecule has 2 rings (SSSR count). The summed E-state index contributed by atoms with van der Waals surface area (Å²) in [4.78, 5) is 15.3. The lowest BCUT2D eigenvalue weighted by Gasteiger charge is -2.19. The maximum absolute atomic E-state index is 12.0. The van der Waals surface area contributed by atoms with Crippen molar-refractivity contribution in [1.29, 1.82) is 0 Å². The Bertz CT molecular complexity index is 616. The number of aromatic nitrogens is 1. The fourth-order valence-corrected chi connectivity index (χ4v) is 2.32. The van der Waals surface area contributed by atoms with Gasteiger partial charge in [0.05, 0.1) is 6.04 Å². The number of H-pyrrole nitrogens is 1. The summed E-state index contributed by atoms with van der Waals surface area (Å²) in [7, 11) is 0. The summed E-state index contributed by atoms with van der Waals surface area (Å²) in [5.41, 5.74) is 8.40. The molecule has 4 nitrogen and oxygen atoms in total. The Morgan fingerprint density at radius 1 is 1.32 bits per heavy atom. The van der Waals surface area contributed by atoms with E-state index in [9.17, 15) is 4.79 Å². The average Bonchev–Trinajstić information content (AvgIpc) is 2.80. The molecule has 1 heterocycles. The number of carbonyl (C=O) groups excluding carboxylic acids is 1. The van der Waals surface area contributed by atoms with Gasteiger partial charge in [0.1, 0.15) is 0 Å². The Hall–Kier alpha value is -1.52. The summed E-state index contributed by atoms with van der Waals surface area (Å²) in [6.45, 7) is 7.14. The molecule has 1 aromatic carbocycles. The fraction of sp³-hybridized carbons (Fsp3) is 0.471. The van der Waals surface area contributed by atoms with Gasteiger partial charge in [-0.2, -0.15) is 0 Å². The molecule has 122 valence electrons. The zero-order valence-electron chi connectivity index (χ0n) is 13.5. The van der Waals surface area contributed by atoms with Gasteiger partial charge in [0, 0.05) is 23.6 Å². The van der Waals surface area contributed by atoms with Crippen LogP contribution in [-0.2, 0) is 11.2 Å². The molecule has 5 heteroatoms. The van der Waals surface area contributed by atoms with Crippen molar-refractivity contribution in [2.75, 3.05) is 6.54 Å². The third-order valence-corrected chi connectivity index (χ3v) is 3.63. The maximum Gasteiger partial charge on any atom is 0.237 e. The molecule has 0 spiro atoms. The molecule has 0 saturated heterocycles. The minimum absolute atomic E-state index is 0. The number of fused-ring (bicyclic) bond motifs is 1. The van der Waals surface area contributed by atoms with Crippen LogP contribution in [0, 0.1) is 5.41 Å². The molecule has 1 amide bonds. The molecular weight excluding hydrogens is 298 g/mol. The highest BCUT2D eigenvalue weighted by atomic mass is 35.5. The average molecular weight is 324 g/mol. The number of rotatable bonds is 5. The van der Waals surface area contributed by atoms with Crippen LogP contribution in [0.1, 0.15) is 32.8 Å². The molecule has 0 aliphatic carbocycles. The van der Waals surface area contributed by atoms with Crippen molar-refractivity contribution < 1.29 is 4.79 Å². The molecule has 0 aliphatic rings. The van der Waals surface area contributed by atoms with Crippen molar-refractivity contribution >= 4 is 29.2 Å². The molecule has 1 atom stereocenters. The first-order valence-electron chi connectivity index (χ1n) is 7.45. The van der Waals surface area contributed by atoms with Gasteiger partial charge in [-0.1, -0.05) is 39.0 Å². The number of amides is 1. The van der Waals surface area contributed by atoms with E-state index in [4.69, 9.17) is 5.73 Å².